The highest BCUT2D eigenvalue weighted by atomic mass is 16.5. The number of anilines is 1. The minimum atomic E-state index is 0.238. The standard InChI is InChI=1S/C18H21N3O/c1-13-11-17(20-18(19-13)14-7-8-14)21-10-9-16(12-21)22-15-5-3-2-4-6-15/h2-6,11,14,16H,7-10,12H2,1H3/t16-/m0/s1. The van der Waals surface area contributed by atoms with E-state index >= 15 is 0 Å². The number of hydrogen-bond acceptors (Lipinski definition) is 4. The van der Waals surface area contributed by atoms with E-state index in [-0.39, 0.29) is 6.10 Å². The summed E-state index contributed by atoms with van der Waals surface area (Å²) in [5.41, 5.74) is 1.07. The van der Waals surface area contributed by atoms with Gasteiger partial charge in [-0.3, -0.25) is 0 Å². The van der Waals surface area contributed by atoms with E-state index in [2.05, 4.69) is 22.9 Å². The number of rotatable bonds is 4. The molecule has 0 N–H and O–H groups in total. The fourth-order valence-corrected chi connectivity index (χ4v) is 2.98. The molecule has 2 heterocycles. The number of para-hydroxylation sites is 1. The average Bonchev–Trinajstić information content (AvgIpc) is 3.28. The molecule has 1 saturated carbocycles. The summed E-state index contributed by atoms with van der Waals surface area (Å²) in [6.07, 6.45) is 3.75. The Morgan fingerprint density at radius 1 is 1.09 bits per heavy atom. The Kier molecular flexibility index (Phi) is 3.45. The summed E-state index contributed by atoms with van der Waals surface area (Å²) >= 11 is 0. The van der Waals surface area contributed by atoms with Gasteiger partial charge in [0.05, 0.1) is 6.54 Å². The molecule has 2 aliphatic rings. The van der Waals surface area contributed by atoms with Gasteiger partial charge in [0.15, 0.2) is 0 Å². The number of nitrogens with zero attached hydrogens (tertiary/aromatic N) is 3. The summed E-state index contributed by atoms with van der Waals surface area (Å²) in [4.78, 5) is 11.7. The number of aryl methyl sites for hydroxylation is 1. The molecule has 1 aromatic carbocycles. The summed E-state index contributed by atoms with van der Waals surface area (Å²) in [6.45, 7) is 3.96. The van der Waals surface area contributed by atoms with Gasteiger partial charge in [-0.05, 0) is 31.9 Å². The van der Waals surface area contributed by atoms with Crippen molar-refractivity contribution in [2.75, 3.05) is 18.0 Å². The summed E-state index contributed by atoms with van der Waals surface area (Å²) in [5, 5.41) is 0. The third-order valence-corrected chi connectivity index (χ3v) is 4.32. The second-order valence-electron chi connectivity index (χ2n) is 6.29. The zero-order chi connectivity index (χ0) is 14.9. The molecule has 4 rings (SSSR count). The fraction of sp³-hybridized carbons (Fsp3) is 0.444. The highest BCUT2D eigenvalue weighted by Gasteiger charge is 2.29. The Morgan fingerprint density at radius 3 is 2.68 bits per heavy atom. The molecule has 0 spiro atoms. The second-order valence-corrected chi connectivity index (χ2v) is 6.29. The molecule has 1 aromatic heterocycles. The molecule has 1 saturated heterocycles. The van der Waals surface area contributed by atoms with Gasteiger partial charge in [-0.15, -0.1) is 0 Å². The number of benzene rings is 1. The molecule has 1 aliphatic heterocycles. The van der Waals surface area contributed by atoms with Crippen LogP contribution < -0.4 is 9.64 Å². The topological polar surface area (TPSA) is 38.2 Å². The molecule has 22 heavy (non-hydrogen) atoms. The Hall–Kier alpha value is -2.10. The van der Waals surface area contributed by atoms with Crippen molar-refractivity contribution in [1.82, 2.24) is 9.97 Å². The monoisotopic (exact) mass is 295 g/mol. The van der Waals surface area contributed by atoms with Crippen LogP contribution in [0.4, 0.5) is 5.82 Å². The Bertz CT molecular complexity index is 655. The largest absolute Gasteiger partial charge is 0.489 e. The van der Waals surface area contributed by atoms with Crippen LogP contribution in [0.3, 0.4) is 0 Å². The maximum absolute atomic E-state index is 6.06. The third kappa shape index (κ3) is 2.91. The summed E-state index contributed by atoms with van der Waals surface area (Å²) < 4.78 is 6.06. The van der Waals surface area contributed by atoms with E-state index in [4.69, 9.17) is 9.72 Å². The number of aromatic nitrogens is 2. The van der Waals surface area contributed by atoms with Crippen molar-refractivity contribution >= 4 is 5.82 Å². The molecule has 1 aliphatic carbocycles. The molecule has 0 radical (unpaired) electrons. The van der Waals surface area contributed by atoms with E-state index in [1.54, 1.807) is 0 Å². The lowest BCUT2D eigenvalue weighted by molar-refractivity contribution is 0.225. The molecule has 0 amide bonds. The van der Waals surface area contributed by atoms with Crippen LogP contribution in [-0.4, -0.2) is 29.2 Å². The van der Waals surface area contributed by atoms with E-state index in [9.17, 15) is 0 Å². The molecule has 4 heteroatoms. The first-order valence-corrected chi connectivity index (χ1v) is 8.10. The van der Waals surface area contributed by atoms with E-state index in [0.717, 1.165) is 42.6 Å². The predicted molar refractivity (Wildman–Crippen MR) is 86.4 cm³/mol. The normalized spacial score (nSPS) is 21.1. The van der Waals surface area contributed by atoms with Gasteiger partial charge in [-0.2, -0.15) is 0 Å². The number of ether oxygens (including phenoxy) is 1. The van der Waals surface area contributed by atoms with Crippen LogP contribution in [0.2, 0.25) is 0 Å². The van der Waals surface area contributed by atoms with Crippen LogP contribution in [0.15, 0.2) is 36.4 Å². The lowest BCUT2D eigenvalue weighted by atomic mass is 10.3. The Balaban J connectivity index is 1.46. The fourth-order valence-electron chi connectivity index (χ4n) is 2.98. The minimum Gasteiger partial charge on any atom is -0.489 e. The van der Waals surface area contributed by atoms with Crippen molar-refractivity contribution < 1.29 is 4.74 Å². The van der Waals surface area contributed by atoms with E-state index < -0.39 is 0 Å². The van der Waals surface area contributed by atoms with Crippen LogP contribution in [0.25, 0.3) is 0 Å². The van der Waals surface area contributed by atoms with Crippen LogP contribution in [0.5, 0.6) is 5.75 Å². The molecule has 2 fully saturated rings. The van der Waals surface area contributed by atoms with Crippen LogP contribution in [-0.2, 0) is 0 Å². The van der Waals surface area contributed by atoms with Crippen molar-refractivity contribution in [1.29, 1.82) is 0 Å². The molecule has 4 nitrogen and oxygen atoms in total. The van der Waals surface area contributed by atoms with Gasteiger partial charge in [0.2, 0.25) is 0 Å². The van der Waals surface area contributed by atoms with Crippen molar-refractivity contribution in [3.05, 3.63) is 47.9 Å². The third-order valence-electron chi connectivity index (χ3n) is 4.32. The van der Waals surface area contributed by atoms with Crippen LogP contribution >= 0.6 is 0 Å². The van der Waals surface area contributed by atoms with Crippen molar-refractivity contribution in [3.8, 4) is 5.75 Å². The van der Waals surface area contributed by atoms with Gasteiger partial charge in [0.1, 0.15) is 23.5 Å². The molecule has 2 aromatic rings. The van der Waals surface area contributed by atoms with Gasteiger partial charge in [0.25, 0.3) is 0 Å². The molecule has 114 valence electrons. The quantitative estimate of drug-likeness (QED) is 0.867. The van der Waals surface area contributed by atoms with Crippen LogP contribution in [0, 0.1) is 6.92 Å². The van der Waals surface area contributed by atoms with Gasteiger partial charge in [-0.1, -0.05) is 18.2 Å². The van der Waals surface area contributed by atoms with Crippen molar-refractivity contribution in [2.45, 2.75) is 38.2 Å². The minimum absolute atomic E-state index is 0.238. The molecule has 0 bridgehead atoms. The maximum Gasteiger partial charge on any atom is 0.134 e. The highest BCUT2D eigenvalue weighted by Crippen LogP contribution is 2.38. The first kappa shape index (κ1) is 13.6. The lowest BCUT2D eigenvalue weighted by Gasteiger charge is -2.19. The SMILES string of the molecule is Cc1cc(N2CC[C@H](Oc3ccccc3)C2)nc(C2CC2)n1. The zero-order valence-electron chi connectivity index (χ0n) is 12.9. The smallest absolute Gasteiger partial charge is 0.134 e. The Labute approximate surface area is 131 Å². The highest BCUT2D eigenvalue weighted by molar-refractivity contribution is 5.42. The van der Waals surface area contributed by atoms with Gasteiger partial charge in [-0.25, -0.2) is 9.97 Å². The van der Waals surface area contributed by atoms with Gasteiger partial charge < -0.3 is 9.64 Å². The molecule has 0 unspecified atom stereocenters. The van der Waals surface area contributed by atoms with Crippen molar-refractivity contribution in [2.24, 2.45) is 0 Å². The van der Waals surface area contributed by atoms with Gasteiger partial charge >= 0.3 is 0 Å². The summed E-state index contributed by atoms with van der Waals surface area (Å²) in [6, 6.07) is 12.2. The molecular weight excluding hydrogens is 274 g/mol. The number of hydrogen-bond donors (Lipinski definition) is 0. The van der Waals surface area contributed by atoms with E-state index in [1.807, 2.05) is 30.3 Å². The lowest BCUT2D eigenvalue weighted by Crippen LogP contribution is -2.25. The Morgan fingerprint density at radius 2 is 1.91 bits per heavy atom. The predicted octanol–water partition coefficient (Wildman–Crippen LogP) is 3.32. The summed E-state index contributed by atoms with van der Waals surface area (Å²) in [7, 11) is 0. The second kappa shape index (κ2) is 5.59. The van der Waals surface area contributed by atoms with Crippen molar-refractivity contribution in [3.63, 3.8) is 0 Å². The van der Waals surface area contributed by atoms with Gasteiger partial charge in [0, 0.05) is 30.6 Å². The van der Waals surface area contributed by atoms with E-state index in [1.165, 1.54) is 12.8 Å². The molecule has 1 atom stereocenters. The summed E-state index contributed by atoms with van der Waals surface area (Å²) in [5.74, 6) is 3.64. The first-order chi connectivity index (χ1) is 10.8. The zero-order valence-corrected chi connectivity index (χ0v) is 12.9. The first-order valence-electron chi connectivity index (χ1n) is 8.10. The van der Waals surface area contributed by atoms with Crippen LogP contribution in [0.1, 0.15) is 36.7 Å². The molecular formula is C18H21N3O. The average molecular weight is 295 g/mol. The maximum atomic E-state index is 6.06. The van der Waals surface area contributed by atoms with E-state index in [0.29, 0.717) is 5.92 Å².